The maximum atomic E-state index is 12.6. The molecular weight excluding hydrogens is 426 g/mol. The minimum atomic E-state index is -0.0928. The van der Waals surface area contributed by atoms with Crippen LogP contribution in [0.2, 0.25) is 0 Å². The first-order chi connectivity index (χ1) is 16.7. The van der Waals surface area contributed by atoms with Crippen LogP contribution in [0.15, 0.2) is 78.9 Å². The Morgan fingerprint density at radius 2 is 1.65 bits per heavy atom. The van der Waals surface area contributed by atoms with Gasteiger partial charge in [-0.3, -0.25) is 4.79 Å². The Labute approximate surface area is 197 Å². The van der Waals surface area contributed by atoms with Crippen molar-refractivity contribution in [3.05, 3.63) is 84.4 Å². The highest BCUT2D eigenvalue weighted by atomic mass is 16.5. The lowest BCUT2D eigenvalue weighted by atomic mass is 10.0. The summed E-state index contributed by atoms with van der Waals surface area (Å²) in [5.41, 5.74) is 2.32. The van der Waals surface area contributed by atoms with E-state index in [1.54, 1.807) is 29.2 Å². The topological polar surface area (TPSA) is 82.4 Å². The summed E-state index contributed by atoms with van der Waals surface area (Å²) in [5.74, 6) is 1.14. The van der Waals surface area contributed by atoms with Crippen molar-refractivity contribution in [2.24, 2.45) is 0 Å². The number of amides is 1. The highest BCUT2D eigenvalue weighted by Crippen LogP contribution is 2.27. The van der Waals surface area contributed by atoms with Gasteiger partial charge in [0.2, 0.25) is 0 Å². The van der Waals surface area contributed by atoms with Gasteiger partial charge in [-0.1, -0.05) is 54.6 Å². The first-order valence-corrected chi connectivity index (χ1v) is 11.2. The quantitative estimate of drug-likeness (QED) is 0.460. The third-order valence-electron chi connectivity index (χ3n) is 6.03. The third-order valence-corrected chi connectivity index (χ3v) is 6.03. The second kappa shape index (κ2) is 9.59. The fraction of sp³-hybridized carbons (Fsp3) is 0.185. The van der Waals surface area contributed by atoms with E-state index >= 15 is 0 Å². The minimum Gasteiger partial charge on any atom is -0.482 e. The molecule has 0 saturated carbocycles. The first kappa shape index (κ1) is 21.4. The lowest BCUT2D eigenvalue weighted by Crippen LogP contribution is -2.50. The van der Waals surface area contributed by atoms with Gasteiger partial charge >= 0.3 is 0 Å². The molecule has 0 aliphatic carbocycles. The molecule has 1 aliphatic heterocycles. The standard InChI is InChI=1S/C27H23N5O2/c28-18-21-7-2-4-11-25(21)34-19-27(33)32-16-14-31(15-17-32)26-13-12-24(29-30-26)23-10-5-8-20-6-1-3-9-22(20)23/h1-13H,14-17,19H2. The van der Waals surface area contributed by atoms with Gasteiger partial charge in [0.1, 0.15) is 11.8 Å². The van der Waals surface area contributed by atoms with Crippen LogP contribution in [-0.4, -0.2) is 53.8 Å². The number of hydrogen-bond acceptors (Lipinski definition) is 6. The zero-order chi connectivity index (χ0) is 23.3. The van der Waals surface area contributed by atoms with Gasteiger partial charge < -0.3 is 14.5 Å². The number of nitrogens with zero attached hydrogens (tertiary/aromatic N) is 5. The molecule has 0 N–H and O–H groups in total. The van der Waals surface area contributed by atoms with Gasteiger partial charge in [0.05, 0.1) is 11.3 Å². The van der Waals surface area contributed by atoms with Gasteiger partial charge in [0, 0.05) is 31.7 Å². The van der Waals surface area contributed by atoms with E-state index in [4.69, 9.17) is 10.00 Å². The highest BCUT2D eigenvalue weighted by Gasteiger charge is 2.23. The van der Waals surface area contributed by atoms with Crippen molar-refractivity contribution in [2.45, 2.75) is 0 Å². The lowest BCUT2D eigenvalue weighted by Gasteiger charge is -2.35. The number of piperazine rings is 1. The predicted octanol–water partition coefficient (Wildman–Crippen LogP) is 3.90. The van der Waals surface area contributed by atoms with Crippen molar-refractivity contribution in [2.75, 3.05) is 37.7 Å². The fourth-order valence-electron chi connectivity index (χ4n) is 4.19. The van der Waals surface area contributed by atoms with E-state index in [0.29, 0.717) is 37.5 Å². The lowest BCUT2D eigenvalue weighted by molar-refractivity contribution is -0.133. The molecule has 7 nitrogen and oxygen atoms in total. The van der Waals surface area contributed by atoms with E-state index in [-0.39, 0.29) is 12.5 Å². The van der Waals surface area contributed by atoms with Gasteiger partial charge in [0.15, 0.2) is 12.4 Å². The molecule has 0 atom stereocenters. The third kappa shape index (κ3) is 4.39. The van der Waals surface area contributed by atoms with Gasteiger partial charge in [-0.15, -0.1) is 10.2 Å². The Hall–Kier alpha value is -4.44. The summed E-state index contributed by atoms with van der Waals surface area (Å²) in [4.78, 5) is 16.5. The predicted molar refractivity (Wildman–Crippen MR) is 130 cm³/mol. The number of carbonyl (C=O) groups excluding carboxylic acids is 1. The van der Waals surface area contributed by atoms with E-state index in [2.05, 4.69) is 45.4 Å². The van der Waals surface area contributed by atoms with Crippen LogP contribution in [0.25, 0.3) is 22.0 Å². The SMILES string of the molecule is N#Cc1ccccc1OCC(=O)N1CCN(c2ccc(-c3cccc4ccccc34)nn2)CC1. The molecule has 3 aromatic carbocycles. The molecule has 2 heterocycles. The average molecular weight is 450 g/mol. The summed E-state index contributed by atoms with van der Waals surface area (Å²) >= 11 is 0. The van der Waals surface area contributed by atoms with Gasteiger partial charge in [-0.2, -0.15) is 5.26 Å². The Morgan fingerprint density at radius 3 is 2.44 bits per heavy atom. The van der Waals surface area contributed by atoms with Crippen molar-refractivity contribution in [1.29, 1.82) is 5.26 Å². The average Bonchev–Trinajstić information content (AvgIpc) is 2.92. The minimum absolute atomic E-state index is 0.0851. The monoisotopic (exact) mass is 449 g/mol. The molecule has 1 aliphatic rings. The molecule has 1 saturated heterocycles. The van der Waals surface area contributed by atoms with Gasteiger partial charge in [-0.25, -0.2) is 0 Å². The molecule has 1 amide bonds. The number of carbonyl (C=O) groups is 1. The molecule has 0 radical (unpaired) electrons. The summed E-state index contributed by atoms with van der Waals surface area (Å²) in [6.07, 6.45) is 0. The molecule has 168 valence electrons. The second-order valence-corrected chi connectivity index (χ2v) is 8.07. The molecule has 0 bridgehead atoms. The number of hydrogen-bond donors (Lipinski definition) is 0. The van der Waals surface area contributed by atoms with E-state index in [9.17, 15) is 4.79 Å². The van der Waals surface area contributed by atoms with Crippen LogP contribution in [0.1, 0.15) is 5.56 Å². The number of benzene rings is 3. The molecule has 34 heavy (non-hydrogen) atoms. The molecular formula is C27H23N5O2. The van der Waals surface area contributed by atoms with Crippen molar-refractivity contribution in [3.8, 4) is 23.1 Å². The van der Waals surface area contributed by atoms with Crippen LogP contribution in [0.5, 0.6) is 5.75 Å². The first-order valence-electron chi connectivity index (χ1n) is 11.2. The van der Waals surface area contributed by atoms with Crippen molar-refractivity contribution >= 4 is 22.5 Å². The molecule has 1 fully saturated rings. The summed E-state index contributed by atoms with van der Waals surface area (Å²) in [6, 6.07) is 27.4. The van der Waals surface area contributed by atoms with Gasteiger partial charge in [-0.05, 0) is 35.0 Å². The number of anilines is 1. The summed E-state index contributed by atoms with van der Waals surface area (Å²) < 4.78 is 5.59. The Bertz CT molecular complexity index is 1350. The number of rotatable bonds is 5. The molecule has 0 spiro atoms. The maximum Gasteiger partial charge on any atom is 0.260 e. The van der Waals surface area contributed by atoms with Crippen molar-refractivity contribution in [3.63, 3.8) is 0 Å². The van der Waals surface area contributed by atoms with E-state index in [0.717, 1.165) is 22.5 Å². The normalized spacial score (nSPS) is 13.5. The summed E-state index contributed by atoms with van der Waals surface area (Å²) in [6.45, 7) is 2.41. The Morgan fingerprint density at radius 1 is 0.882 bits per heavy atom. The van der Waals surface area contributed by atoms with Gasteiger partial charge in [0.25, 0.3) is 5.91 Å². The van der Waals surface area contributed by atoms with Crippen LogP contribution in [0.3, 0.4) is 0 Å². The molecule has 1 aromatic heterocycles. The number of nitriles is 1. The van der Waals surface area contributed by atoms with E-state index < -0.39 is 0 Å². The Balaban J connectivity index is 1.19. The van der Waals surface area contributed by atoms with Crippen molar-refractivity contribution in [1.82, 2.24) is 15.1 Å². The summed E-state index contributed by atoms with van der Waals surface area (Å²) in [5, 5.41) is 20.4. The van der Waals surface area contributed by atoms with Crippen LogP contribution >= 0.6 is 0 Å². The zero-order valence-corrected chi connectivity index (χ0v) is 18.6. The Kier molecular flexibility index (Phi) is 6.04. The molecule has 7 heteroatoms. The van der Waals surface area contributed by atoms with Crippen LogP contribution in [-0.2, 0) is 4.79 Å². The number of aromatic nitrogens is 2. The fourth-order valence-corrected chi connectivity index (χ4v) is 4.19. The second-order valence-electron chi connectivity index (χ2n) is 8.07. The largest absolute Gasteiger partial charge is 0.482 e. The zero-order valence-electron chi connectivity index (χ0n) is 18.6. The van der Waals surface area contributed by atoms with Crippen LogP contribution in [0.4, 0.5) is 5.82 Å². The number of ether oxygens (including phenoxy) is 1. The van der Waals surface area contributed by atoms with Crippen molar-refractivity contribution < 1.29 is 9.53 Å². The smallest absolute Gasteiger partial charge is 0.260 e. The van der Waals surface area contributed by atoms with Crippen LogP contribution < -0.4 is 9.64 Å². The number of para-hydroxylation sites is 1. The number of fused-ring (bicyclic) bond motifs is 1. The summed E-state index contributed by atoms with van der Waals surface area (Å²) in [7, 11) is 0. The molecule has 0 unspecified atom stereocenters. The highest BCUT2D eigenvalue weighted by molar-refractivity contribution is 5.95. The molecule has 5 rings (SSSR count). The van der Waals surface area contributed by atoms with Crippen LogP contribution in [0, 0.1) is 11.3 Å². The molecule has 4 aromatic rings. The van der Waals surface area contributed by atoms with E-state index in [1.807, 2.05) is 30.3 Å². The van der Waals surface area contributed by atoms with E-state index in [1.165, 1.54) is 5.39 Å². The maximum absolute atomic E-state index is 12.6.